The summed E-state index contributed by atoms with van der Waals surface area (Å²) in [4.78, 5) is 15.3. The minimum atomic E-state index is 0.181. The molecule has 0 aliphatic heterocycles. The standard InChI is InChI=1S/C15H25N7/c1-9(2)13-17-14(19-15(18-13)22(5)6)16-10(3)7-12-8-11(4)20-21-12/h8-10H,7H2,1-6H3,(H,20,21)(H,16,17,18,19). The molecule has 2 aromatic heterocycles. The van der Waals surface area contributed by atoms with Gasteiger partial charge in [0.25, 0.3) is 0 Å². The summed E-state index contributed by atoms with van der Waals surface area (Å²) >= 11 is 0. The Morgan fingerprint density at radius 1 is 1.18 bits per heavy atom. The van der Waals surface area contributed by atoms with Crippen molar-refractivity contribution in [3.63, 3.8) is 0 Å². The first-order chi connectivity index (χ1) is 10.3. The molecule has 0 radical (unpaired) electrons. The summed E-state index contributed by atoms with van der Waals surface area (Å²) in [5.41, 5.74) is 2.10. The Balaban J connectivity index is 2.13. The van der Waals surface area contributed by atoms with Gasteiger partial charge in [0, 0.05) is 38.2 Å². The summed E-state index contributed by atoms with van der Waals surface area (Å²) in [6.45, 7) is 8.25. The Morgan fingerprint density at radius 2 is 1.91 bits per heavy atom. The molecule has 0 saturated heterocycles. The van der Waals surface area contributed by atoms with Gasteiger partial charge in [-0.3, -0.25) is 5.10 Å². The third-order valence-electron chi connectivity index (χ3n) is 3.21. The number of nitrogens with one attached hydrogen (secondary N) is 2. The lowest BCUT2D eigenvalue weighted by molar-refractivity contribution is 0.725. The van der Waals surface area contributed by atoms with Crippen LogP contribution in [0.4, 0.5) is 11.9 Å². The van der Waals surface area contributed by atoms with Crippen LogP contribution < -0.4 is 10.2 Å². The van der Waals surface area contributed by atoms with E-state index in [0.717, 1.165) is 23.6 Å². The van der Waals surface area contributed by atoms with Gasteiger partial charge in [0.2, 0.25) is 11.9 Å². The highest BCUT2D eigenvalue weighted by molar-refractivity contribution is 5.37. The van der Waals surface area contributed by atoms with Crippen LogP contribution in [0.3, 0.4) is 0 Å². The Kier molecular flexibility index (Phi) is 4.95. The zero-order chi connectivity index (χ0) is 16.3. The van der Waals surface area contributed by atoms with Crippen LogP contribution in [-0.4, -0.2) is 45.3 Å². The van der Waals surface area contributed by atoms with Crippen molar-refractivity contribution in [2.75, 3.05) is 24.3 Å². The number of nitrogens with zero attached hydrogens (tertiary/aromatic N) is 5. The van der Waals surface area contributed by atoms with Gasteiger partial charge in [-0.15, -0.1) is 0 Å². The molecular weight excluding hydrogens is 278 g/mol. The predicted octanol–water partition coefficient (Wildman–Crippen LogP) is 2.14. The first kappa shape index (κ1) is 16.2. The molecule has 22 heavy (non-hydrogen) atoms. The Hall–Kier alpha value is -2.18. The highest BCUT2D eigenvalue weighted by Crippen LogP contribution is 2.16. The van der Waals surface area contributed by atoms with Crippen molar-refractivity contribution in [1.29, 1.82) is 0 Å². The first-order valence-corrected chi connectivity index (χ1v) is 7.56. The highest BCUT2D eigenvalue weighted by atomic mass is 15.3. The fourth-order valence-electron chi connectivity index (χ4n) is 2.07. The van der Waals surface area contributed by atoms with E-state index in [4.69, 9.17) is 0 Å². The molecule has 0 spiro atoms. The van der Waals surface area contributed by atoms with Crippen LogP contribution >= 0.6 is 0 Å². The molecule has 120 valence electrons. The Bertz CT molecular complexity index is 592. The molecule has 2 N–H and O–H groups in total. The zero-order valence-electron chi connectivity index (χ0n) is 14.2. The third kappa shape index (κ3) is 4.16. The van der Waals surface area contributed by atoms with Crippen LogP contribution in [0.25, 0.3) is 0 Å². The normalized spacial score (nSPS) is 12.5. The molecule has 0 fully saturated rings. The molecule has 2 rings (SSSR count). The van der Waals surface area contributed by atoms with Gasteiger partial charge >= 0.3 is 0 Å². The number of hydrogen-bond donors (Lipinski definition) is 2. The fourth-order valence-corrected chi connectivity index (χ4v) is 2.07. The average molecular weight is 303 g/mol. The van der Waals surface area contributed by atoms with Gasteiger partial charge < -0.3 is 10.2 Å². The van der Waals surface area contributed by atoms with Crippen molar-refractivity contribution < 1.29 is 0 Å². The van der Waals surface area contributed by atoms with Crippen molar-refractivity contribution in [2.24, 2.45) is 0 Å². The monoisotopic (exact) mass is 303 g/mol. The molecule has 0 aromatic carbocycles. The van der Waals surface area contributed by atoms with Crippen molar-refractivity contribution in [2.45, 2.75) is 46.1 Å². The van der Waals surface area contributed by atoms with Gasteiger partial charge in [-0.05, 0) is 19.9 Å². The van der Waals surface area contributed by atoms with E-state index in [1.54, 1.807) is 0 Å². The van der Waals surface area contributed by atoms with E-state index in [1.165, 1.54) is 0 Å². The van der Waals surface area contributed by atoms with E-state index in [1.807, 2.05) is 25.9 Å². The summed E-state index contributed by atoms with van der Waals surface area (Å²) in [6.07, 6.45) is 0.810. The summed E-state index contributed by atoms with van der Waals surface area (Å²) < 4.78 is 0. The summed E-state index contributed by atoms with van der Waals surface area (Å²) in [5, 5.41) is 10.6. The quantitative estimate of drug-likeness (QED) is 0.850. The lowest BCUT2D eigenvalue weighted by atomic mass is 10.2. The number of rotatable bonds is 6. The van der Waals surface area contributed by atoms with Gasteiger partial charge in [-0.2, -0.15) is 20.1 Å². The molecule has 0 bridgehead atoms. The number of aromatic amines is 1. The topological polar surface area (TPSA) is 82.6 Å². The maximum atomic E-state index is 4.51. The second-order valence-corrected chi connectivity index (χ2v) is 6.16. The van der Waals surface area contributed by atoms with Crippen LogP contribution in [0, 0.1) is 6.92 Å². The SMILES string of the molecule is Cc1cc(CC(C)Nc2nc(C(C)C)nc(N(C)C)n2)n[nH]1. The van der Waals surface area contributed by atoms with Gasteiger partial charge in [0.15, 0.2) is 0 Å². The molecule has 2 heterocycles. The van der Waals surface area contributed by atoms with E-state index in [2.05, 4.69) is 57.3 Å². The van der Waals surface area contributed by atoms with Gasteiger partial charge in [-0.25, -0.2) is 0 Å². The zero-order valence-corrected chi connectivity index (χ0v) is 14.2. The fraction of sp³-hybridized carbons (Fsp3) is 0.600. The maximum absolute atomic E-state index is 4.51. The molecule has 7 nitrogen and oxygen atoms in total. The number of anilines is 2. The van der Waals surface area contributed by atoms with Crippen LogP contribution in [0.1, 0.15) is 43.9 Å². The van der Waals surface area contributed by atoms with E-state index in [0.29, 0.717) is 11.9 Å². The molecular formula is C15H25N7. The van der Waals surface area contributed by atoms with Gasteiger partial charge in [0.1, 0.15) is 5.82 Å². The summed E-state index contributed by atoms with van der Waals surface area (Å²) in [5.74, 6) is 2.33. The lowest BCUT2D eigenvalue weighted by Crippen LogP contribution is -2.23. The smallest absolute Gasteiger partial charge is 0.229 e. The Labute approximate surface area is 131 Å². The largest absolute Gasteiger partial charge is 0.351 e. The molecule has 0 saturated carbocycles. The average Bonchev–Trinajstić information content (AvgIpc) is 2.83. The second kappa shape index (κ2) is 6.72. The highest BCUT2D eigenvalue weighted by Gasteiger charge is 2.13. The number of aromatic nitrogens is 5. The van der Waals surface area contributed by atoms with Crippen molar-refractivity contribution in [3.8, 4) is 0 Å². The number of aryl methyl sites for hydroxylation is 1. The summed E-state index contributed by atoms with van der Waals surface area (Å²) in [6, 6.07) is 2.23. The molecule has 1 atom stereocenters. The minimum absolute atomic E-state index is 0.181. The minimum Gasteiger partial charge on any atom is -0.351 e. The van der Waals surface area contributed by atoms with E-state index < -0.39 is 0 Å². The second-order valence-electron chi connectivity index (χ2n) is 6.16. The van der Waals surface area contributed by atoms with Crippen LogP contribution in [0.15, 0.2) is 6.07 Å². The van der Waals surface area contributed by atoms with Crippen LogP contribution in [0.5, 0.6) is 0 Å². The van der Waals surface area contributed by atoms with Crippen LogP contribution in [0.2, 0.25) is 0 Å². The first-order valence-electron chi connectivity index (χ1n) is 7.56. The Morgan fingerprint density at radius 3 is 2.45 bits per heavy atom. The van der Waals surface area contributed by atoms with Crippen molar-refractivity contribution in [1.82, 2.24) is 25.1 Å². The van der Waals surface area contributed by atoms with E-state index in [9.17, 15) is 0 Å². The van der Waals surface area contributed by atoms with Gasteiger partial charge in [0.05, 0.1) is 5.69 Å². The predicted molar refractivity (Wildman–Crippen MR) is 88.4 cm³/mol. The summed E-state index contributed by atoms with van der Waals surface area (Å²) in [7, 11) is 3.86. The molecule has 2 aromatic rings. The van der Waals surface area contributed by atoms with Gasteiger partial charge in [-0.1, -0.05) is 13.8 Å². The number of hydrogen-bond acceptors (Lipinski definition) is 6. The molecule has 0 aliphatic rings. The molecule has 1 unspecified atom stereocenters. The molecule has 7 heteroatoms. The molecule has 0 aliphatic carbocycles. The lowest BCUT2D eigenvalue weighted by Gasteiger charge is -2.17. The maximum Gasteiger partial charge on any atom is 0.229 e. The molecule has 0 amide bonds. The van der Waals surface area contributed by atoms with E-state index in [-0.39, 0.29) is 12.0 Å². The van der Waals surface area contributed by atoms with Crippen LogP contribution in [-0.2, 0) is 6.42 Å². The third-order valence-corrected chi connectivity index (χ3v) is 3.21. The number of H-pyrrole nitrogens is 1. The van der Waals surface area contributed by atoms with Crippen molar-refractivity contribution >= 4 is 11.9 Å². The van der Waals surface area contributed by atoms with E-state index >= 15 is 0 Å². The van der Waals surface area contributed by atoms with Crippen molar-refractivity contribution in [3.05, 3.63) is 23.3 Å².